The zero-order chi connectivity index (χ0) is 17.8. The maximum atomic E-state index is 12.3. The summed E-state index contributed by atoms with van der Waals surface area (Å²) in [5.41, 5.74) is 12.9. The molecule has 2 aromatic rings. The second-order valence-electron chi connectivity index (χ2n) is 6.02. The van der Waals surface area contributed by atoms with Crippen LogP contribution in [0.2, 0.25) is 0 Å². The lowest BCUT2D eigenvalue weighted by Crippen LogP contribution is -2.43. The van der Waals surface area contributed by atoms with Crippen molar-refractivity contribution in [3.05, 3.63) is 42.2 Å². The third-order valence-electron chi connectivity index (χ3n) is 4.32. The SMILES string of the molecule is NC(=O)c1ccn(-c2ccc(NC(=O)C(N)C3CCOCC3)cc2)n1. The van der Waals surface area contributed by atoms with Gasteiger partial charge >= 0.3 is 0 Å². The molecule has 0 spiro atoms. The molecule has 1 unspecified atom stereocenters. The van der Waals surface area contributed by atoms with Gasteiger partial charge < -0.3 is 21.5 Å². The van der Waals surface area contributed by atoms with Crippen LogP contribution in [-0.4, -0.2) is 40.9 Å². The average Bonchev–Trinajstić information content (AvgIpc) is 3.13. The molecule has 1 fully saturated rings. The van der Waals surface area contributed by atoms with Crippen LogP contribution in [0, 0.1) is 5.92 Å². The number of aromatic nitrogens is 2. The third-order valence-corrected chi connectivity index (χ3v) is 4.32. The first-order valence-electron chi connectivity index (χ1n) is 8.14. The third kappa shape index (κ3) is 4.04. The molecule has 1 atom stereocenters. The number of hydrogen-bond donors (Lipinski definition) is 3. The van der Waals surface area contributed by atoms with E-state index in [2.05, 4.69) is 10.4 Å². The normalized spacial score (nSPS) is 16.4. The van der Waals surface area contributed by atoms with Gasteiger partial charge in [-0.1, -0.05) is 0 Å². The van der Waals surface area contributed by atoms with Crippen molar-refractivity contribution in [1.82, 2.24) is 9.78 Å². The van der Waals surface area contributed by atoms with Crippen molar-refractivity contribution in [2.45, 2.75) is 18.9 Å². The molecule has 2 amide bonds. The predicted octanol–water partition coefficient (Wildman–Crippen LogP) is 0.664. The smallest absolute Gasteiger partial charge is 0.269 e. The Labute approximate surface area is 145 Å². The van der Waals surface area contributed by atoms with E-state index in [0.29, 0.717) is 18.9 Å². The number of primary amides is 1. The van der Waals surface area contributed by atoms with E-state index in [1.807, 2.05) is 0 Å². The summed E-state index contributed by atoms with van der Waals surface area (Å²) in [5.74, 6) is -0.635. The van der Waals surface area contributed by atoms with Gasteiger partial charge in [-0.15, -0.1) is 0 Å². The fourth-order valence-electron chi connectivity index (χ4n) is 2.81. The molecule has 0 aliphatic carbocycles. The summed E-state index contributed by atoms with van der Waals surface area (Å²) >= 11 is 0. The topological polar surface area (TPSA) is 125 Å². The molecule has 3 rings (SSSR count). The van der Waals surface area contributed by atoms with Gasteiger partial charge in [0.25, 0.3) is 5.91 Å². The lowest BCUT2D eigenvalue weighted by molar-refractivity contribution is -0.119. The summed E-state index contributed by atoms with van der Waals surface area (Å²) in [7, 11) is 0. The van der Waals surface area contributed by atoms with Gasteiger partial charge in [-0.3, -0.25) is 9.59 Å². The first-order valence-corrected chi connectivity index (χ1v) is 8.14. The summed E-state index contributed by atoms with van der Waals surface area (Å²) in [5, 5.41) is 6.92. The number of nitrogens with two attached hydrogens (primary N) is 2. The highest BCUT2D eigenvalue weighted by Gasteiger charge is 2.26. The lowest BCUT2D eigenvalue weighted by atomic mass is 9.92. The number of amides is 2. The van der Waals surface area contributed by atoms with Gasteiger partial charge in [0.2, 0.25) is 5.91 Å². The number of carbonyl (C=O) groups excluding carboxylic acids is 2. The van der Waals surface area contributed by atoms with Gasteiger partial charge in [0.1, 0.15) is 5.69 Å². The summed E-state index contributed by atoms with van der Waals surface area (Å²) < 4.78 is 6.84. The minimum Gasteiger partial charge on any atom is -0.381 e. The van der Waals surface area contributed by atoms with Crippen LogP contribution in [0.5, 0.6) is 0 Å². The molecule has 1 aliphatic heterocycles. The number of rotatable bonds is 5. The maximum Gasteiger partial charge on any atom is 0.269 e. The zero-order valence-corrected chi connectivity index (χ0v) is 13.7. The van der Waals surface area contributed by atoms with Crippen molar-refractivity contribution in [3.8, 4) is 5.69 Å². The molecule has 5 N–H and O–H groups in total. The van der Waals surface area contributed by atoms with Crippen molar-refractivity contribution < 1.29 is 14.3 Å². The molecule has 0 bridgehead atoms. The molecule has 8 nitrogen and oxygen atoms in total. The molecular formula is C17H21N5O3. The number of ether oxygens (including phenoxy) is 1. The highest BCUT2D eigenvalue weighted by atomic mass is 16.5. The summed E-state index contributed by atoms with van der Waals surface area (Å²) in [6.07, 6.45) is 3.25. The van der Waals surface area contributed by atoms with Crippen molar-refractivity contribution in [2.75, 3.05) is 18.5 Å². The van der Waals surface area contributed by atoms with E-state index < -0.39 is 11.9 Å². The second-order valence-corrected chi connectivity index (χ2v) is 6.02. The maximum absolute atomic E-state index is 12.3. The zero-order valence-electron chi connectivity index (χ0n) is 13.7. The summed E-state index contributed by atoms with van der Waals surface area (Å²) in [6.45, 7) is 1.30. The molecule has 25 heavy (non-hydrogen) atoms. The molecule has 132 valence electrons. The van der Waals surface area contributed by atoms with Crippen LogP contribution in [-0.2, 0) is 9.53 Å². The van der Waals surface area contributed by atoms with E-state index in [4.69, 9.17) is 16.2 Å². The minimum atomic E-state index is -0.579. The Bertz CT molecular complexity index is 750. The Kier molecular flexibility index (Phi) is 5.11. The van der Waals surface area contributed by atoms with Crippen molar-refractivity contribution in [1.29, 1.82) is 0 Å². The fourth-order valence-corrected chi connectivity index (χ4v) is 2.81. The number of nitrogens with one attached hydrogen (secondary N) is 1. The summed E-state index contributed by atoms with van der Waals surface area (Å²) in [4.78, 5) is 23.4. The van der Waals surface area contributed by atoms with Gasteiger partial charge in [-0.25, -0.2) is 4.68 Å². The van der Waals surface area contributed by atoms with Gasteiger partial charge in [-0.2, -0.15) is 5.10 Å². The van der Waals surface area contributed by atoms with Crippen LogP contribution in [0.3, 0.4) is 0 Å². The predicted molar refractivity (Wildman–Crippen MR) is 92.2 cm³/mol. The summed E-state index contributed by atoms with van der Waals surface area (Å²) in [6, 6.07) is 8.09. The highest BCUT2D eigenvalue weighted by Crippen LogP contribution is 2.19. The minimum absolute atomic E-state index is 0.143. The Balaban J connectivity index is 1.63. The molecule has 1 aliphatic rings. The Morgan fingerprint density at radius 3 is 2.48 bits per heavy atom. The molecule has 1 aromatic heterocycles. The first-order chi connectivity index (χ1) is 12.0. The van der Waals surface area contributed by atoms with E-state index >= 15 is 0 Å². The monoisotopic (exact) mass is 343 g/mol. The molecule has 0 radical (unpaired) electrons. The molecule has 1 saturated heterocycles. The number of carbonyl (C=O) groups is 2. The molecular weight excluding hydrogens is 322 g/mol. The number of benzene rings is 1. The van der Waals surface area contributed by atoms with Crippen LogP contribution in [0.15, 0.2) is 36.5 Å². The van der Waals surface area contributed by atoms with E-state index in [9.17, 15) is 9.59 Å². The van der Waals surface area contributed by atoms with E-state index in [-0.39, 0.29) is 17.5 Å². The average molecular weight is 343 g/mol. The fraction of sp³-hybridized carbons (Fsp3) is 0.353. The molecule has 1 aromatic carbocycles. The van der Waals surface area contributed by atoms with Gasteiger partial charge in [0.15, 0.2) is 0 Å². The van der Waals surface area contributed by atoms with Gasteiger partial charge in [0.05, 0.1) is 11.7 Å². The molecule has 8 heteroatoms. The quantitative estimate of drug-likeness (QED) is 0.735. The molecule has 0 saturated carbocycles. The number of nitrogens with zero attached hydrogens (tertiary/aromatic N) is 2. The van der Waals surface area contributed by atoms with Crippen LogP contribution in [0.4, 0.5) is 5.69 Å². The number of anilines is 1. The lowest BCUT2D eigenvalue weighted by Gasteiger charge is -2.26. The van der Waals surface area contributed by atoms with E-state index in [0.717, 1.165) is 18.5 Å². The van der Waals surface area contributed by atoms with Crippen LogP contribution in [0.1, 0.15) is 23.3 Å². The molecule has 2 heterocycles. The second kappa shape index (κ2) is 7.45. The van der Waals surface area contributed by atoms with Gasteiger partial charge in [0, 0.05) is 25.1 Å². The van der Waals surface area contributed by atoms with Gasteiger partial charge in [-0.05, 0) is 49.1 Å². The van der Waals surface area contributed by atoms with Crippen LogP contribution < -0.4 is 16.8 Å². The van der Waals surface area contributed by atoms with Crippen LogP contribution >= 0.6 is 0 Å². The van der Waals surface area contributed by atoms with E-state index in [1.165, 1.54) is 0 Å². The van der Waals surface area contributed by atoms with Crippen molar-refractivity contribution in [2.24, 2.45) is 17.4 Å². The Hall–Kier alpha value is -2.71. The standard InChI is InChI=1S/C17H21N5O3/c18-15(11-6-9-25-10-7-11)17(24)20-12-1-3-13(4-2-12)22-8-5-14(21-22)16(19)23/h1-5,8,11,15H,6-7,9-10,18H2,(H2,19,23)(H,20,24). The first kappa shape index (κ1) is 17.1. The highest BCUT2D eigenvalue weighted by molar-refractivity contribution is 5.95. The Morgan fingerprint density at radius 2 is 1.88 bits per heavy atom. The largest absolute Gasteiger partial charge is 0.381 e. The van der Waals surface area contributed by atoms with Crippen LogP contribution in [0.25, 0.3) is 5.69 Å². The Morgan fingerprint density at radius 1 is 1.20 bits per heavy atom. The number of hydrogen-bond acceptors (Lipinski definition) is 5. The van der Waals surface area contributed by atoms with Crippen molar-refractivity contribution in [3.63, 3.8) is 0 Å². The van der Waals surface area contributed by atoms with Crippen molar-refractivity contribution >= 4 is 17.5 Å². The van der Waals surface area contributed by atoms with E-state index in [1.54, 1.807) is 41.2 Å².